The maximum Gasteiger partial charge on any atom is 0.254 e. The minimum atomic E-state index is -0.522. The number of nitrogens with one attached hydrogen (secondary N) is 2. The molecular weight excluding hydrogens is 393 g/mol. The molecule has 5 nitrogen and oxygen atoms in total. The molecule has 0 bridgehead atoms. The quantitative estimate of drug-likeness (QED) is 0.755. The van der Waals surface area contributed by atoms with E-state index < -0.39 is 11.7 Å². The third-order valence-electron chi connectivity index (χ3n) is 5.16. The van der Waals surface area contributed by atoms with E-state index in [4.69, 9.17) is 11.6 Å². The van der Waals surface area contributed by atoms with Gasteiger partial charge in [0.25, 0.3) is 5.91 Å². The summed E-state index contributed by atoms with van der Waals surface area (Å²) in [6, 6.07) is 13.2. The van der Waals surface area contributed by atoms with Crippen molar-refractivity contribution < 1.29 is 14.0 Å². The van der Waals surface area contributed by atoms with E-state index >= 15 is 0 Å². The van der Waals surface area contributed by atoms with E-state index in [0.29, 0.717) is 37.5 Å². The lowest BCUT2D eigenvalue weighted by molar-refractivity contribution is -0.123. The number of halogens is 2. The van der Waals surface area contributed by atoms with Gasteiger partial charge in [-0.25, -0.2) is 4.39 Å². The van der Waals surface area contributed by atoms with Crippen LogP contribution >= 0.6 is 11.6 Å². The third kappa shape index (κ3) is 5.78. The second-order valence-electron chi connectivity index (χ2n) is 7.31. The van der Waals surface area contributed by atoms with Crippen molar-refractivity contribution >= 4 is 23.4 Å². The number of piperidine rings is 1. The lowest BCUT2D eigenvalue weighted by Crippen LogP contribution is -2.47. The van der Waals surface area contributed by atoms with Crippen LogP contribution in [0.2, 0.25) is 5.02 Å². The van der Waals surface area contributed by atoms with Gasteiger partial charge in [0.2, 0.25) is 5.91 Å². The van der Waals surface area contributed by atoms with Crippen LogP contribution in [-0.4, -0.2) is 42.4 Å². The summed E-state index contributed by atoms with van der Waals surface area (Å²) >= 11 is 6.19. The summed E-state index contributed by atoms with van der Waals surface area (Å²) in [6.45, 7) is 3.58. The molecule has 2 N–H and O–H groups in total. The molecule has 1 aliphatic heterocycles. The van der Waals surface area contributed by atoms with Crippen molar-refractivity contribution in [2.45, 2.75) is 31.8 Å². The number of nitrogens with zero attached hydrogens (tertiary/aromatic N) is 1. The average Bonchev–Trinajstić information content (AvgIpc) is 2.70. The van der Waals surface area contributed by atoms with Gasteiger partial charge in [-0.05, 0) is 43.5 Å². The van der Waals surface area contributed by atoms with Gasteiger partial charge in [0, 0.05) is 24.2 Å². The van der Waals surface area contributed by atoms with Crippen LogP contribution < -0.4 is 10.6 Å². The predicted octanol–water partition coefficient (Wildman–Crippen LogP) is 3.55. The SMILES string of the molecule is CC(NC(=O)CN1CCC(NC(=O)c2ccccc2F)CC1)c1ccccc1Cl. The summed E-state index contributed by atoms with van der Waals surface area (Å²) < 4.78 is 13.7. The van der Waals surface area contributed by atoms with Crippen molar-refractivity contribution in [3.8, 4) is 0 Å². The predicted molar refractivity (Wildman–Crippen MR) is 111 cm³/mol. The Morgan fingerprint density at radius 1 is 1.14 bits per heavy atom. The second-order valence-corrected chi connectivity index (χ2v) is 7.72. The van der Waals surface area contributed by atoms with E-state index in [2.05, 4.69) is 15.5 Å². The molecule has 3 rings (SSSR count). The smallest absolute Gasteiger partial charge is 0.254 e. The van der Waals surface area contributed by atoms with Crippen molar-refractivity contribution in [2.24, 2.45) is 0 Å². The highest BCUT2D eigenvalue weighted by Gasteiger charge is 2.24. The molecule has 0 aliphatic carbocycles. The Hall–Kier alpha value is -2.44. The highest BCUT2D eigenvalue weighted by Crippen LogP contribution is 2.22. The lowest BCUT2D eigenvalue weighted by Gasteiger charge is -2.32. The topological polar surface area (TPSA) is 61.4 Å². The Morgan fingerprint density at radius 2 is 1.79 bits per heavy atom. The number of carbonyl (C=O) groups is 2. The number of hydrogen-bond acceptors (Lipinski definition) is 3. The van der Waals surface area contributed by atoms with E-state index in [1.165, 1.54) is 12.1 Å². The van der Waals surface area contributed by atoms with Gasteiger partial charge in [-0.15, -0.1) is 0 Å². The van der Waals surface area contributed by atoms with Crippen LogP contribution in [-0.2, 0) is 4.79 Å². The fourth-order valence-electron chi connectivity index (χ4n) is 3.54. The Morgan fingerprint density at radius 3 is 2.48 bits per heavy atom. The summed E-state index contributed by atoms with van der Waals surface area (Å²) in [5.74, 6) is -0.981. The molecular formula is C22H25ClFN3O2. The summed E-state index contributed by atoms with van der Waals surface area (Å²) in [6.07, 6.45) is 1.43. The summed E-state index contributed by atoms with van der Waals surface area (Å²) in [4.78, 5) is 26.7. The fraction of sp³-hybridized carbons (Fsp3) is 0.364. The molecule has 154 valence electrons. The highest BCUT2D eigenvalue weighted by atomic mass is 35.5. The van der Waals surface area contributed by atoms with Crippen LogP contribution in [0.5, 0.6) is 0 Å². The molecule has 2 amide bonds. The Balaban J connectivity index is 1.44. The first kappa shape index (κ1) is 21.3. The zero-order valence-corrected chi connectivity index (χ0v) is 17.1. The number of likely N-dealkylation sites (tertiary alicyclic amines) is 1. The van der Waals surface area contributed by atoms with E-state index in [1.54, 1.807) is 18.2 Å². The molecule has 0 radical (unpaired) electrons. The van der Waals surface area contributed by atoms with Crippen LogP contribution in [0.3, 0.4) is 0 Å². The molecule has 0 spiro atoms. The molecule has 2 aromatic carbocycles. The molecule has 7 heteroatoms. The minimum Gasteiger partial charge on any atom is -0.349 e. The van der Waals surface area contributed by atoms with Crippen molar-refractivity contribution in [3.63, 3.8) is 0 Å². The van der Waals surface area contributed by atoms with Gasteiger partial charge >= 0.3 is 0 Å². The van der Waals surface area contributed by atoms with Crippen molar-refractivity contribution in [2.75, 3.05) is 19.6 Å². The maximum absolute atomic E-state index is 13.7. The molecule has 1 atom stereocenters. The zero-order valence-electron chi connectivity index (χ0n) is 16.3. The van der Waals surface area contributed by atoms with Gasteiger partial charge < -0.3 is 10.6 Å². The van der Waals surface area contributed by atoms with Gasteiger partial charge in [-0.1, -0.05) is 41.9 Å². The number of hydrogen-bond donors (Lipinski definition) is 2. The molecule has 1 fully saturated rings. The first-order chi connectivity index (χ1) is 13.9. The van der Waals surface area contributed by atoms with Gasteiger partial charge in [-0.3, -0.25) is 14.5 Å². The molecule has 2 aromatic rings. The van der Waals surface area contributed by atoms with E-state index in [1.807, 2.05) is 25.1 Å². The van der Waals surface area contributed by atoms with Gasteiger partial charge in [-0.2, -0.15) is 0 Å². The summed E-state index contributed by atoms with van der Waals surface area (Å²) in [5, 5.41) is 6.50. The molecule has 1 saturated heterocycles. The Bertz CT molecular complexity index is 869. The van der Waals surface area contributed by atoms with Crippen molar-refractivity contribution in [1.29, 1.82) is 0 Å². The normalized spacial score (nSPS) is 16.2. The van der Waals surface area contributed by atoms with E-state index in [9.17, 15) is 14.0 Å². The minimum absolute atomic E-state index is 0.0246. The molecule has 0 aromatic heterocycles. The monoisotopic (exact) mass is 417 g/mol. The largest absolute Gasteiger partial charge is 0.349 e. The van der Waals surface area contributed by atoms with Crippen LogP contribution in [0.15, 0.2) is 48.5 Å². The van der Waals surface area contributed by atoms with Crippen molar-refractivity contribution in [1.82, 2.24) is 15.5 Å². The Labute approximate surface area is 175 Å². The van der Waals surface area contributed by atoms with Crippen LogP contribution in [0, 0.1) is 5.82 Å². The van der Waals surface area contributed by atoms with Gasteiger partial charge in [0.1, 0.15) is 5.82 Å². The first-order valence-electron chi connectivity index (χ1n) is 9.75. The highest BCUT2D eigenvalue weighted by molar-refractivity contribution is 6.31. The standard InChI is InChI=1S/C22H25ClFN3O2/c1-15(17-6-2-4-8-19(17)23)25-21(28)14-27-12-10-16(11-13-27)26-22(29)18-7-3-5-9-20(18)24/h2-9,15-16H,10-14H2,1H3,(H,25,28)(H,26,29). The van der Waals surface area contributed by atoms with Crippen LogP contribution in [0.4, 0.5) is 4.39 Å². The number of amides is 2. The summed E-state index contributed by atoms with van der Waals surface area (Å²) in [7, 11) is 0. The molecule has 29 heavy (non-hydrogen) atoms. The number of benzene rings is 2. The number of carbonyl (C=O) groups excluding carboxylic acids is 2. The van der Waals surface area contributed by atoms with Crippen molar-refractivity contribution in [3.05, 3.63) is 70.5 Å². The second kappa shape index (κ2) is 9.85. The average molecular weight is 418 g/mol. The molecule has 1 aliphatic rings. The van der Waals surface area contributed by atoms with Crippen LogP contribution in [0.25, 0.3) is 0 Å². The van der Waals surface area contributed by atoms with Gasteiger partial charge in [0.05, 0.1) is 18.2 Å². The zero-order chi connectivity index (χ0) is 20.8. The molecule has 1 unspecified atom stereocenters. The maximum atomic E-state index is 13.7. The van der Waals surface area contributed by atoms with Crippen LogP contribution in [0.1, 0.15) is 41.7 Å². The first-order valence-corrected chi connectivity index (χ1v) is 10.1. The van der Waals surface area contributed by atoms with E-state index in [0.717, 1.165) is 5.56 Å². The van der Waals surface area contributed by atoms with E-state index in [-0.39, 0.29) is 23.6 Å². The number of rotatable bonds is 6. The fourth-order valence-corrected chi connectivity index (χ4v) is 3.84. The third-order valence-corrected chi connectivity index (χ3v) is 5.50. The molecule has 0 saturated carbocycles. The molecule has 1 heterocycles. The summed E-state index contributed by atoms with van der Waals surface area (Å²) in [5.41, 5.74) is 0.944. The van der Waals surface area contributed by atoms with Gasteiger partial charge in [0.15, 0.2) is 0 Å². The Kier molecular flexibility index (Phi) is 7.23. The lowest BCUT2D eigenvalue weighted by atomic mass is 10.0.